The van der Waals surface area contributed by atoms with Gasteiger partial charge in [-0.25, -0.2) is 4.79 Å². The van der Waals surface area contributed by atoms with E-state index >= 15 is 0 Å². The summed E-state index contributed by atoms with van der Waals surface area (Å²) in [6.07, 6.45) is 0.739. The van der Waals surface area contributed by atoms with Crippen molar-refractivity contribution in [1.29, 1.82) is 0 Å². The highest BCUT2D eigenvalue weighted by atomic mass is 16.5. The molecule has 0 heterocycles. The second kappa shape index (κ2) is 9.94. The van der Waals surface area contributed by atoms with E-state index in [4.69, 9.17) is 14.6 Å². The lowest BCUT2D eigenvalue weighted by molar-refractivity contribution is -0.159. The van der Waals surface area contributed by atoms with E-state index in [-0.39, 0.29) is 19.6 Å². The van der Waals surface area contributed by atoms with Gasteiger partial charge in [0.15, 0.2) is 0 Å². The van der Waals surface area contributed by atoms with Crippen LogP contribution in [0.5, 0.6) is 0 Å². The standard InChI is InChI=1S/C15H24O7/c1-4-6-8-22-12(16)10-15(14(19)20,7-9-21-5-2)11(3)13(17)18/h3-10H2,1-2H3,(H,17,18)(H,19,20). The van der Waals surface area contributed by atoms with Gasteiger partial charge < -0.3 is 19.7 Å². The van der Waals surface area contributed by atoms with Gasteiger partial charge in [0.2, 0.25) is 0 Å². The fraction of sp³-hybridized carbons (Fsp3) is 0.667. The third-order valence-corrected chi connectivity index (χ3v) is 3.33. The Balaban J connectivity index is 5.18. The van der Waals surface area contributed by atoms with Crippen LogP contribution in [0.25, 0.3) is 0 Å². The van der Waals surface area contributed by atoms with Gasteiger partial charge in [-0.2, -0.15) is 0 Å². The number of rotatable bonds is 12. The Morgan fingerprint density at radius 3 is 2.23 bits per heavy atom. The van der Waals surface area contributed by atoms with Crippen molar-refractivity contribution in [3.8, 4) is 0 Å². The first-order chi connectivity index (χ1) is 10.3. The van der Waals surface area contributed by atoms with Crippen molar-refractivity contribution < 1.29 is 34.1 Å². The van der Waals surface area contributed by atoms with E-state index in [1.54, 1.807) is 6.92 Å². The summed E-state index contributed by atoms with van der Waals surface area (Å²) < 4.78 is 10.0. The first-order valence-corrected chi connectivity index (χ1v) is 7.21. The minimum Gasteiger partial charge on any atom is -0.481 e. The van der Waals surface area contributed by atoms with Crippen LogP contribution in [0.4, 0.5) is 0 Å². The maximum absolute atomic E-state index is 11.8. The Kier molecular flexibility index (Phi) is 9.09. The van der Waals surface area contributed by atoms with E-state index in [0.717, 1.165) is 6.42 Å². The molecule has 0 bridgehead atoms. The molecular formula is C15H24O7. The van der Waals surface area contributed by atoms with Crippen molar-refractivity contribution in [2.45, 2.75) is 39.5 Å². The molecule has 1 unspecified atom stereocenters. The molecule has 0 saturated carbocycles. The molecule has 0 aliphatic rings. The molecule has 0 fully saturated rings. The fourth-order valence-electron chi connectivity index (χ4n) is 1.88. The first-order valence-electron chi connectivity index (χ1n) is 7.21. The van der Waals surface area contributed by atoms with Crippen LogP contribution in [-0.4, -0.2) is 47.9 Å². The summed E-state index contributed by atoms with van der Waals surface area (Å²) in [5, 5.41) is 18.6. The van der Waals surface area contributed by atoms with E-state index in [1.165, 1.54) is 0 Å². The number of hydrogen-bond acceptors (Lipinski definition) is 5. The quantitative estimate of drug-likeness (QED) is 0.321. The summed E-state index contributed by atoms with van der Waals surface area (Å²) in [5.41, 5.74) is -2.48. The lowest BCUT2D eigenvalue weighted by atomic mass is 9.75. The Morgan fingerprint density at radius 2 is 1.77 bits per heavy atom. The molecule has 0 amide bonds. The molecule has 0 aromatic carbocycles. The molecule has 0 radical (unpaired) electrons. The second-order valence-electron chi connectivity index (χ2n) is 4.87. The molecule has 0 rings (SSSR count). The van der Waals surface area contributed by atoms with Gasteiger partial charge in [-0.1, -0.05) is 19.9 Å². The molecule has 0 aromatic heterocycles. The van der Waals surface area contributed by atoms with Gasteiger partial charge in [-0.15, -0.1) is 0 Å². The smallest absolute Gasteiger partial charge is 0.332 e. The summed E-state index contributed by atoms with van der Waals surface area (Å²) in [6, 6.07) is 0. The van der Waals surface area contributed by atoms with Crippen LogP contribution < -0.4 is 0 Å². The van der Waals surface area contributed by atoms with Crippen LogP contribution in [0.3, 0.4) is 0 Å². The average Bonchev–Trinajstić information content (AvgIpc) is 2.45. The van der Waals surface area contributed by atoms with E-state index in [0.29, 0.717) is 13.0 Å². The molecule has 0 aromatic rings. The Labute approximate surface area is 129 Å². The molecule has 0 saturated heterocycles. The summed E-state index contributed by atoms with van der Waals surface area (Å²) in [5.74, 6) is -3.64. The van der Waals surface area contributed by atoms with Crippen LogP contribution in [0, 0.1) is 5.41 Å². The number of carboxylic acids is 2. The first kappa shape index (κ1) is 20.1. The zero-order valence-corrected chi connectivity index (χ0v) is 13.1. The van der Waals surface area contributed by atoms with Gasteiger partial charge in [-0.3, -0.25) is 9.59 Å². The maximum Gasteiger partial charge on any atom is 0.332 e. The number of carboxylic acid groups (broad SMARTS) is 2. The molecule has 0 aliphatic heterocycles. The third-order valence-electron chi connectivity index (χ3n) is 3.33. The molecule has 22 heavy (non-hydrogen) atoms. The molecule has 0 aliphatic carbocycles. The molecule has 7 nitrogen and oxygen atoms in total. The Hall–Kier alpha value is -1.89. The lowest BCUT2D eigenvalue weighted by Gasteiger charge is -2.28. The van der Waals surface area contributed by atoms with Gasteiger partial charge in [0.05, 0.1) is 13.0 Å². The molecular weight excluding hydrogens is 292 g/mol. The summed E-state index contributed by atoms with van der Waals surface area (Å²) >= 11 is 0. The summed E-state index contributed by atoms with van der Waals surface area (Å²) in [4.78, 5) is 34.6. The number of aliphatic carboxylic acids is 2. The second-order valence-corrected chi connectivity index (χ2v) is 4.87. The zero-order chi connectivity index (χ0) is 17.2. The van der Waals surface area contributed by atoms with Crippen LogP contribution in [0.2, 0.25) is 0 Å². The lowest BCUT2D eigenvalue weighted by Crippen LogP contribution is -2.39. The highest BCUT2D eigenvalue weighted by molar-refractivity contribution is 5.98. The topological polar surface area (TPSA) is 110 Å². The number of carbonyl (C=O) groups excluding carboxylic acids is 1. The average molecular weight is 316 g/mol. The zero-order valence-electron chi connectivity index (χ0n) is 13.1. The van der Waals surface area contributed by atoms with E-state index in [2.05, 4.69) is 6.58 Å². The summed E-state index contributed by atoms with van der Waals surface area (Å²) in [6.45, 7) is 7.53. The number of unbranched alkanes of at least 4 members (excludes halogenated alkanes) is 1. The van der Waals surface area contributed by atoms with Crippen molar-refractivity contribution in [3.05, 3.63) is 12.2 Å². The van der Waals surface area contributed by atoms with E-state index < -0.39 is 35.3 Å². The fourth-order valence-corrected chi connectivity index (χ4v) is 1.88. The highest BCUT2D eigenvalue weighted by Crippen LogP contribution is 2.36. The molecule has 2 N–H and O–H groups in total. The minimum absolute atomic E-state index is 0.0112. The van der Waals surface area contributed by atoms with Gasteiger partial charge >= 0.3 is 17.9 Å². The Morgan fingerprint density at radius 1 is 1.14 bits per heavy atom. The number of esters is 1. The predicted molar refractivity (Wildman–Crippen MR) is 78.4 cm³/mol. The highest BCUT2D eigenvalue weighted by Gasteiger charge is 2.46. The van der Waals surface area contributed by atoms with Crippen LogP contribution in [-0.2, 0) is 23.9 Å². The van der Waals surface area contributed by atoms with Gasteiger partial charge in [0.1, 0.15) is 5.41 Å². The van der Waals surface area contributed by atoms with Gasteiger partial charge in [0, 0.05) is 18.8 Å². The van der Waals surface area contributed by atoms with Gasteiger partial charge in [-0.05, 0) is 19.8 Å². The minimum atomic E-state index is -1.93. The van der Waals surface area contributed by atoms with Crippen LogP contribution in [0.1, 0.15) is 39.5 Å². The van der Waals surface area contributed by atoms with E-state index in [1.807, 2.05) is 6.92 Å². The maximum atomic E-state index is 11.8. The number of ether oxygens (including phenoxy) is 2. The third kappa shape index (κ3) is 5.85. The molecule has 126 valence electrons. The molecule has 1 atom stereocenters. The van der Waals surface area contributed by atoms with Crippen molar-refractivity contribution in [3.63, 3.8) is 0 Å². The number of carbonyl (C=O) groups is 3. The van der Waals surface area contributed by atoms with Crippen molar-refractivity contribution in [2.75, 3.05) is 19.8 Å². The van der Waals surface area contributed by atoms with Crippen molar-refractivity contribution in [2.24, 2.45) is 5.41 Å². The van der Waals surface area contributed by atoms with Crippen molar-refractivity contribution in [1.82, 2.24) is 0 Å². The monoisotopic (exact) mass is 316 g/mol. The van der Waals surface area contributed by atoms with Crippen molar-refractivity contribution >= 4 is 17.9 Å². The summed E-state index contributed by atoms with van der Waals surface area (Å²) in [7, 11) is 0. The van der Waals surface area contributed by atoms with Crippen LogP contribution in [0.15, 0.2) is 12.2 Å². The molecule has 0 spiro atoms. The van der Waals surface area contributed by atoms with Crippen LogP contribution >= 0.6 is 0 Å². The van der Waals surface area contributed by atoms with E-state index in [9.17, 15) is 19.5 Å². The number of hydrogen-bond donors (Lipinski definition) is 2. The van der Waals surface area contributed by atoms with Gasteiger partial charge in [0.25, 0.3) is 0 Å². The molecule has 7 heteroatoms. The normalized spacial score (nSPS) is 13.2. The largest absolute Gasteiger partial charge is 0.481 e. The predicted octanol–water partition coefficient (Wildman–Crippen LogP) is 1.86. The SMILES string of the molecule is C=C(C(=O)O)C(CCOCC)(CC(=O)OCCCC)C(=O)O. The Bertz CT molecular complexity index is 416.